The van der Waals surface area contributed by atoms with E-state index in [9.17, 15) is 0 Å². The molecule has 2 rings (SSSR count). The van der Waals surface area contributed by atoms with Crippen molar-refractivity contribution in [3.63, 3.8) is 0 Å². The zero-order valence-electron chi connectivity index (χ0n) is 7.08. The summed E-state index contributed by atoms with van der Waals surface area (Å²) in [7, 11) is 0. The fourth-order valence-electron chi connectivity index (χ4n) is 1.13. The average Bonchev–Trinajstić information content (AvgIpc) is 2.54. The van der Waals surface area contributed by atoms with E-state index < -0.39 is 4.44 Å². The molecule has 0 N–H and O–H groups in total. The second kappa shape index (κ2) is 3.05. The van der Waals surface area contributed by atoms with Gasteiger partial charge in [0.1, 0.15) is 0 Å². The quantitative estimate of drug-likeness (QED) is 0.642. The van der Waals surface area contributed by atoms with Crippen LogP contribution in [0.5, 0.6) is 0 Å². The van der Waals surface area contributed by atoms with E-state index in [1.807, 2.05) is 31.2 Å². The van der Waals surface area contributed by atoms with Crippen molar-refractivity contribution in [2.75, 3.05) is 0 Å². The van der Waals surface area contributed by atoms with Gasteiger partial charge in [0.15, 0.2) is 0 Å². The summed E-state index contributed by atoms with van der Waals surface area (Å²) < 4.78 is -0.603. The molecule has 0 radical (unpaired) electrons. The number of hydrogen-bond donors (Lipinski definition) is 0. The molecule has 1 heterocycles. The molecule has 67 valence electrons. The fraction of sp³-hybridized carbons (Fsp3) is 0.222. The Labute approximate surface area is 84.8 Å². The summed E-state index contributed by atoms with van der Waals surface area (Å²) in [6.07, 6.45) is 1.65. The maximum absolute atomic E-state index is 3.96. The zero-order chi connectivity index (χ0) is 9.31. The molecule has 0 spiro atoms. The molecule has 0 saturated carbocycles. The van der Waals surface area contributed by atoms with Gasteiger partial charge >= 0.3 is 84.4 Å². The van der Waals surface area contributed by atoms with Crippen LogP contribution in [0.3, 0.4) is 0 Å². The van der Waals surface area contributed by atoms with Crippen LogP contribution in [-0.2, 0) is 20.5 Å². The van der Waals surface area contributed by atoms with Gasteiger partial charge in [0.05, 0.1) is 0 Å². The molecule has 0 amide bonds. The maximum atomic E-state index is 3.96. The minimum atomic E-state index is -0.603. The van der Waals surface area contributed by atoms with Crippen molar-refractivity contribution in [3.05, 3.63) is 35.4 Å². The predicted molar refractivity (Wildman–Crippen MR) is 46.2 cm³/mol. The van der Waals surface area contributed by atoms with E-state index in [-0.39, 0.29) is 0 Å². The summed E-state index contributed by atoms with van der Waals surface area (Å²) in [6, 6.07) is 8.06. The Morgan fingerprint density at radius 1 is 1.23 bits per heavy atom. The van der Waals surface area contributed by atoms with Crippen molar-refractivity contribution in [2.24, 2.45) is 15.4 Å². The Hall–Kier alpha value is -0.991. The van der Waals surface area contributed by atoms with Crippen LogP contribution in [0.25, 0.3) is 0 Å². The molecule has 1 aromatic carbocycles. The van der Waals surface area contributed by atoms with Crippen LogP contribution < -0.4 is 0 Å². The monoisotopic (exact) mass is 214 g/mol. The predicted octanol–water partition coefficient (Wildman–Crippen LogP) is 2.15. The summed E-state index contributed by atoms with van der Waals surface area (Å²) >= 11 is 3.96. The van der Waals surface area contributed by atoms with E-state index in [0.29, 0.717) is 0 Å². The summed E-state index contributed by atoms with van der Waals surface area (Å²) in [5.74, 6) is 0. The van der Waals surface area contributed by atoms with E-state index in [1.165, 1.54) is 5.56 Å². The second-order valence-electron chi connectivity index (χ2n) is 2.95. The Bertz CT molecular complexity index is 355. The van der Waals surface area contributed by atoms with Crippen LogP contribution >= 0.6 is 0 Å². The molecule has 0 fully saturated rings. The van der Waals surface area contributed by atoms with Gasteiger partial charge in [-0.3, -0.25) is 0 Å². The molecule has 1 unspecified atom stereocenters. The van der Waals surface area contributed by atoms with E-state index >= 15 is 0 Å². The van der Waals surface area contributed by atoms with Gasteiger partial charge in [0.25, 0.3) is 0 Å². The molecular weight excluding hydrogens is 206 g/mol. The Morgan fingerprint density at radius 3 is 2.46 bits per heavy atom. The van der Waals surface area contributed by atoms with Crippen molar-refractivity contribution in [1.29, 1.82) is 0 Å². The average molecular weight is 214 g/mol. The van der Waals surface area contributed by atoms with Crippen molar-refractivity contribution in [3.8, 4) is 0 Å². The van der Waals surface area contributed by atoms with Crippen molar-refractivity contribution < 1.29 is 16.0 Å². The van der Waals surface area contributed by atoms with Gasteiger partial charge in [-0.05, 0) is 0 Å². The summed E-state index contributed by atoms with van der Waals surface area (Å²) in [4.78, 5) is 0. The molecule has 3 nitrogen and oxygen atoms in total. The van der Waals surface area contributed by atoms with Crippen LogP contribution in [0.15, 0.2) is 39.7 Å². The van der Waals surface area contributed by atoms with Crippen LogP contribution in [0.4, 0.5) is 0 Å². The molecule has 0 saturated heterocycles. The second-order valence-corrected chi connectivity index (χ2v) is 3.80. The molecule has 1 atom stereocenters. The molecule has 1 aromatic rings. The van der Waals surface area contributed by atoms with Crippen molar-refractivity contribution in [2.45, 2.75) is 11.4 Å². The Balaban J connectivity index is 2.41. The number of hydrogen-bond acceptors (Lipinski definition) is 3. The summed E-state index contributed by atoms with van der Waals surface area (Å²) in [6.45, 7) is 2.05. The first kappa shape index (κ1) is 8.60. The number of nitrogens with zero attached hydrogens (tertiary/aromatic N) is 3. The first-order valence-corrected chi connectivity index (χ1v) is 4.47. The zero-order valence-corrected chi connectivity index (χ0v) is 8.19. The SMILES string of the molecule is Cc1ccc([C]2([Fe])C=NN=N2)cc1. The summed E-state index contributed by atoms with van der Waals surface area (Å²) in [5.41, 5.74) is 2.24. The van der Waals surface area contributed by atoms with E-state index in [1.54, 1.807) is 6.21 Å². The van der Waals surface area contributed by atoms with E-state index in [2.05, 4.69) is 31.5 Å². The van der Waals surface area contributed by atoms with Crippen LogP contribution in [-0.4, -0.2) is 6.21 Å². The van der Waals surface area contributed by atoms with Gasteiger partial charge in [0, 0.05) is 0 Å². The van der Waals surface area contributed by atoms with Crippen LogP contribution in [0, 0.1) is 6.92 Å². The van der Waals surface area contributed by atoms with Gasteiger partial charge in [-0.25, -0.2) is 0 Å². The molecule has 0 aliphatic carbocycles. The first-order chi connectivity index (χ1) is 6.21. The first-order valence-electron chi connectivity index (χ1n) is 3.92. The Kier molecular flexibility index (Phi) is 2.02. The number of benzene rings is 1. The van der Waals surface area contributed by atoms with Crippen LogP contribution in [0.1, 0.15) is 11.1 Å². The summed E-state index contributed by atoms with van der Waals surface area (Å²) in [5, 5.41) is 11.2. The van der Waals surface area contributed by atoms with Gasteiger partial charge in [0.2, 0.25) is 0 Å². The van der Waals surface area contributed by atoms with Gasteiger partial charge < -0.3 is 0 Å². The van der Waals surface area contributed by atoms with E-state index in [0.717, 1.165) is 5.56 Å². The normalized spacial score (nSPS) is 25.4. The molecule has 0 aromatic heterocycles. The third-order valence-electron chi connectivity index (χ3n) is 1.91. The molecule has 0 bridgehead atoms. The molecule has 13 heavy (non-hydrogen) atoms. The standard InChI is InChI=1S/C9H8N3.Fe/c1-7-2-4-8(5-3-7)9-6-10-12-11-9;/h2-6H,1H3;. The van der Waals surface area contributed by atoms with E-state index in [4.69, 9.17) is 0 Å². The van der Waals surface area contributed by atoms with Crippen molar-refractivity contribution in [1.82, 2.24) is 0 Å². The van der Waals surface area contributed by atoms with Gasteiger partial charge in [-0.2, -0.15) is 0 Å². The molecule has 1 aliphatic heterocycles. The van der Waals surface area contributed by atoms with Crippen LogP contribution in [0.2, 0.25) is 0 Å². The van der Waals surface area contributed by atoms with Crippen molar-refractivity contribution >= 4 is 6.21 Å². The van der Waals surface area contributed by atoms with Gasteiger partial charge in [-0.15, -0.1) is 0 Å². The molecule has 4 heteroatoms. The third kappa shape index (κ3) is 1.55. The third-order valence-corrected chi connectivity index (χ3v) is 2.49. The molecular formula is C9H8FeN3. The topological polar surface area (TPSA) is 37.1 Å². The number of rotatable bonds is 1. The number of aryl methyl sites for hydroxylation is 1. The Morgan fingerprint density at radius 2 is 1.92 bits per heavy atom. The van der Waals surface area contributed by atoms with Gasteiger partial charge in [-0.1, -0.05) is 0 Å². The molecule has 1 aliphatic rings. The fourth-order valence-corrected chi connectivity index (χ4v) is 1.43. The minimum absolute atomic E-state index is 0.603.